The van der Waals surface area contributed by atoms with E-state index in [-0.39, 0.29) is 0 Å². The molecule has 0 aromatic heterocycles. The Labute approximate surface area is 91.0 Å². The first-order chi connectivity index (χ1) is 6.77. The Balaban J connectivity index is 0.000000791. The van der Waals surface area contributed by atoms with Crippen molar-refractivity contribution in [1.82, 2.24) is 5.32 Å². The smallest absolute Gasteiger partial charge is 0.0854 e. The van der Waals surface area contributed by atoms with Crippen molar-refractivity contribution in [3.8, 4) is 0 Å². The summed E-state index contributed by atoms with van der Waals surface area (Å²) >= 11 is 5.34. The fourth-order valence-electron chi connectivity index (χ4n) is 1.30. The Kier molecular flexibility index (Phi) is 7.48. The fraction of sp³-hybridized carbons (Fsp3) is 0.455. The summed E-state index contributed by atoms with van der Waals surface area (Å²) in [5, 5.41) is 13.1. The van der Waals surface area contributed by atoms with Crippen LogP contribution in [-0.2, 0) is 0 Å². The van der Waals surface area contributed by atoms with Gasteiger partial charge in [-0.25, -0.2) is 0 Å². The summed E-state index contributed by atoms with van der Waals surface area (Å²) in [6.45, 7) is 7.76. The first-order valence-electron chi connectivity index (χ1n) is 4.64. The second kappa shape index (κ2) is 7.80. The standard InChI is InChI=1S/C9H14ClNO.C2H4/c10-6-2-1-3-9(12)4-7-11-8-5-9;1-2/h1-3,6,11-12H,4-5,7-8H2;1-2H2/b3-1+,6-2+;. The van der Waals surface area contributed by atoms with Gasteiger partial charge in [0.25, 0.3) is 0 Å². The Hall–Kier alpha value is -0.570. The molecule has 0 aliphatic carbocycles. The fourth-order valence-corrected chi connectivity index (χ4v) is 1.39. The van der Waals surface area contributed by atoms with Crippen molar-refractivity contribution in [3.05, 3.63) is 36.9 Å². The van der Waals surface area contributed by atoms with Crippen molar-refractivity contribution in [3.63, 3.8) is 0 Å². The summed E-state index contributed by atoms with van der Waals surface area (Å²) in [6.07, 6.45) is 6.87. The van der Waals surface area contributed by atoms with Gasteiger partial charge in [0.1, 0.15) is 0 Å². The van der Waals surface area contributed by atoms with E-state index >= 15 is 0 Å². The molecule has 0 radical (unpaired) electrons. The van der Waals surface area contributed by atoms with Gasteiger partial charge in [0.15, 0.2) is 0 Å². The minimum Gasteiger partial charge on any atom is -0.386 e. The van der Waals surface area contributed by atoms with Crippen LogP contribution in [0.3, 0.4) is 0 Å². The summed E-state index contributed by atoms with van der Waals surface area (Å²) in [4.78, 5) is 0. The zero-order chi connectivity index (χ0) is 10.9. The quantitative estimate of drug-likeness (QED) is 0.547. The van der Waals surface area contributed by atoms with Crippen molar-refractivity contribution >= 4 is 11.6 Å². The van der Waals surface area contributed by atoms with Crippen LogP contribution in [0.4, 0.5) is 0 Å². The van der Waals surface area contributed by atoms with Crippen LogP contribution in [0.25, 0.3) is 0 Å². The molecule has 2 N–H and O–H groups in total. The molecule has 2 nitrogen and oxygen atoms in total. The van der Waals surface area contributed by atoms with Crippen molar-refractivity contribution < 1.29 is 5.11 Å². The number of halogens is 1. The van der Waals surface area contributed by atoms with Crippen LogP contribution in [0.1, 0.15) is 12.8 Å². The maximum Gasteiger partial charge on any atom is 0.0854 e. The van der Waals surface area contributed by atoms with E-state index in [2.05, 4.69) is 18.5 Å². The lowest BCUT2D eigenvalue weighted by atomic mass is 9.92. The van der Waals surface area contributed by atoms with E-state index in [0.717, 1.165) is 25.9 Å². The second-order valence-corrected chi connectivity index (χ2v) is 3.28. The van der Waals surface area contributed by atoms with Gasteiger partial charge in [0, 0.05) is 5.54 Å². The lowest BCUT2D eigenvalue weighted by Crippen LogP contribution is -2.40. The monoisotopic (exact) mass is 215 g/mol. The van der Waals surface area contributed by atoms with Crippen LogP contribution in [0, 0.1) is 0 Å². The Morgan fingerprint density at radius 3 is 2.29 bits per heavy atom. The third kappa shape index (κ3) is 5.22. The SMILES string of the molecule is C=C.OC1(/C=C/C=C/Cl)CCNCC1. The van der Waals surface area contributed by atoms with Gasteiger partial charge in [0.2, 0.25) is 0 Å². The maximum atomic E-state index is 9.89. The van der Waals surface area contributed by atoms with Gasteiger partial charge in [-0.3, -0.25) is 0 Å². The molecule has 1 heterocycles. The first kappa shape index (κ1) is 13.4. The molecule has 1 aliphatic rings. The summed E-state index contributed by atoms with van der Waals surface area (Å²) in [7, 11) is 0. The highest BCUT2D eigenvalue weighted by Crippen LogP contribution is 2.19. The number of allylic oxidation sites excluding steroid dienone is 2. The second-order valence-electron chi connectivity index (χ2n) is 3.03. The molecule has 0 amide bonds. The van der Waals surface area contributed by atoms with Crippen molar-refractivity contribution in [2.24, 2.45) is 0 Å². The summed E-state index contributed by atoms with van der Waals surface area (Å²) in [6, 6.07) is 0. The molecular weight excluding hydrogens is 198 g/mol. The van der Waals surface area contributed by atoms with E-state index in [0.29, 0.717) is 0 Å². The van der Waals surface area contributed by atoms with Crippen LogP contribution >= 0.6 is 11.6 Å². The Bertz CT molecular complexity index is 195. The predicted octanol–water partition coefficient (Wildman–Crippen LogP) is 2.21. The summed E-state index contributed by atoms with van der Waals surface area (Å²) in [5.41, 5.74) is 0.808. The molecule has 0 unspecified atom stereocenters. The van der Waals surface area contributed by atoms with Gasteiger partial charge < -0.3 is 10.4 Å². The third-order valence-corrected chi connectivity index (χ3v) is 2.21. The van der Waals surface area contributed by atoms with Gasteiger partial charge in [-0.15, -0.1) is 13.2 Å². The van der Waals surface area contributed by atoms with Gasteiger partial charge in [-0.2, -0.15) is 0 Å². The Morgan fingerprint density at radius 1 is 1.21 bits per heavy atom. The number of hydrogen-bond donors (Lipinski definition) is 2. The molecule has 0 spiro atoms. The molecular formula is C11H18ClNO. The van der Waals surface area contributed by atoms with Crippen molar-refractivity contribution in [2.75, 3.05) is 13.1 Å². The maximum absolute atomic E-state index is 9.89. The van der Waals surface area contributed by atoms with E-state index in [4.69, 9.17) is 11.6 Å². The summed E-state index contributed by atoms with van der Waals surface area (Å²) < 4.78 is 0. The molecule has 0 bridgehead atoms. The molecule has 1 aliphatic heterocycles. The van der Waals surface area contributed by atoms with Gasteiger partial charge in [-0.1, -0.05) is 29.8 Å². The molecule has 1 saturated heterocycles. The van der Waals surface area contributed by atoms with Crippen LogP contribution in [0.5, 0.6) is 0 Å². The van der Waals surface area contributed by atoms with Crippen molar-refractivity contribution in [1.29, 1.82) is 0 Å². The van der Waals surface area contributed by atoms with Gasteiger partial charge in [-0.05, 0) is 25.9 Å². The average molecular weight is 216 g/mol. The van der Waals surface area contributed by atoms with E-state index in [1.807, 2.05) is 6.08 Å². The Morgan fingerprint density at radius 2 is 1.79 bits per heavy atom. The van der Waals surface area contributed by atoms with Crippen LogP contribution in [0.2, 0.25) is 0 Å². The summed E-state index contributed by atoms with van der Waals surface area (Å²) in [5.74, 6) is 0. The number of nitrogens with one attached hydrogen (secondary N) is 1. The molecule has 0 aromatic rings. The number of aliphatic hydroxyl groups is 1. The highest BCUT2D eigenvalue weighted by Gasteiger charge is 2.25. The van der Waals surface area contributed by atoms with E-state index in [1.54, 1.807) is 12.2 Å². The van der Waals surface area contributed by atoms with Crippen molar-refractivity contribution in [2.45, 2.75) is 18.4 Å². The lowest BCUT2D eigenvalue weighted by Gasteiger charge is -2.29. The lowest BCUT2D eigenvalue weighted by molar-refractivity contribution is 0.0582. The third-order valence-electron chi connectivity index (χ3n) is 2.06. The molecule has 0 saturated carbocycles. The number of hydrogen-bond acceptors (Lipinski definition) is 2. The minimum atomic E-state index is -0.623. The zero-order valence-corrected chi connectivity index (χ0v) is 9.13. The molecule has 0 atom stereocenters. The highest BCUT2D eigenvalue weighted by molar-refractivity contribution is 6.25. The first-order valence-corrected chi connectivity index (χ1v) is 5.08. The van der Waals surface area contributed by atoms with E-state index in [1.165, 1.54) is 5.54 Å². The average Bonchev–Trinajstić information content (AvgIpc) is 2.22. The molecule has 3 heteroatoms. The van der Waals surface area contributed by atoms with Gasteiger partial charge in [0.05, 0.1) is 5.60 Å². The van der Waals surface area contributed by atoms with E-state index in [9.17, 15) is 5.11 Å². The van der Waals surface area contributed by atoms with E-state index < -0.39 is 5.60 Å². The molecule has 1 fully saturated rings. The number of rotatable bonds is 2. The molecule has 0 aromatic carbocycles. The zero-order valence-electron chi connectivity index (χ0n) is 8.38. The van der Waals surface area contributed by atoms with Crippen LogP contribution in [0.15, 0.2) is 36.9 Å². The predicted molar refractivity (Wildman–Crippen MR) is 62.4 cm³/mol. The molecule has 1 rings (SSSR count). The van der Waals surface area contributed by atoms with Crippen LogP contribution in [-0.4, -0.2) is 23.8 Å². The topological polar surface area (TPSA) is 32.3 Å². The normalized spacial score (nSPS) is 20.7. The van der Waals surface area contributed by atoms with Crippen LogP contribution < -0.4 is 5.32 Å². The minimum absolute atomic E-state index is 0.623. The molecule has 14 heavy (non-hydrogen) atoms. The van der Waals surface area contributed by atoms with Gasteiger partial charge >= 0.3 is 0 Å². The molecule has 80 valence electrons. The largest absolute Gasteiger partial charge is 0.386 e. The number of piperidine rings is 1. The highest BCUT2D eigenvalue weighted by atomic mass is 35.5.